The lowest BCUT2D eigenvalue weighted by Crippen LogP contribution is -2.20. The molecule has 4 heterocycles. The standard InChI is InChI=1S/C23H21FN6O2/c1-23(31,32)18-13-28-30-21(9-20(29-22(18)30)15-8-16(24)12-25-10-15)26-7-6-14-11-27-19-5-3-2-4-17(14)19/h2-5,8-13,26-27,31-32H,6-7H2,1H3. The zero-order chi connectivity index (χ0) is 22.3. The summed E-state index contributed by atoms with van der Waals surface area (Å²) in [5.41, 5.74) is 3.56. The fourth-order valence-electron chi connectivity index (χ4n) is 3.79. The van der Waals surface area contributed by atoms with Gasteiger partial charge in [-0.15, -0.1) is 0 Å². The number of fused-ring (bicyclic) bond motifs is 2. The van der Waals surface area contributed by atoms with Gasteiger partial charge in [0.25, 0.3) is 0 Å². The molecule has 1 aromatic carbocycles. The Bertz CT molecular complexity index is 1420. The summed E-state index contributed by atoms with van der Waals surface area (Å²) in [4.78, 5) is 11.7. The minimum atomic E-state index is -2.13. The maximum absolute atomic E-state index is 13.8. The molecule has 0 amide bonds. The van der Waals surface area contributed by atoms with Crippen molar-refractivity contribution < 1.29 is 14.6 Å². The monoisotopic (exact) mass is 432 g/mol. The third-order valence-corrected chi connectivity index (χ3v) is 5.36. The van der Waals surface area contributed by atoms with E-state index in [1.54, 1.807) is 6.07 Å². The first-order valence-corrected chi connectivity index (χ1v) is 10.1. The zero-order valence-electron chi connectivity index (χ0n) is 17.2. The van der Waals surface area contributed by atoms with Crippen LogP contribution < -0.4 is 5.32 Å². The molecule has 0 radical (unpaired) electrons. The van der Waals surface area contributed by atoms with Crippen LogP contribution in [0.25, 0.3) is 27.8 Å². The van der Waals surface area contributed by atoms with E-state index in [0.29, 0.717) is 23.6 Å². The highest BCUT2D eigenvalue weighted by atomic mass is 19.1. The third kappa shape index (κ3) is 3.68. The molecule has 4 aromatic heterocycles. The van der Waals surface area contributed by atoms with E-state index in [2.05, 4.69) is 31.4 Å². The van der Waals surface area contributed by atoms with Gasteiger partial charge in [-0.3, -0.25) is 4.98 Å². The average Bonchev–Trinajstić information content (AvgIpc) is 3.38. The van der Waals surface area contributed by atoms with E-state index < -0.39 is 11.6 Å². The number of aliphatic hydroxyl groups is 2. The van der Waals surface area contributed by atoms with E-state index in [0.717, 1.165) is 18.1 Å². The summed E-state index contributed by atoms with van der Waals surface area (Å²) in [5, 5.41) is 29.1. The highest BCUT2D eigenvalue weighted by molar-refractivity contribution is 5.83. The quantitative estimate of drug-likeness (QED) is 0.307. The molecule has 4 N–H and O–H groups in total. The van der Waals surface area contributed by atoms with Crippen LogP contribution in [0.3, 0.4) is 0 Å². The highest BCUT2D eigenvalue weighted by Crippen LogP contribution is 2.28. The van der Waals surface area contributed by atoms with Gasteiger partial charge in [0.2, 0.25) is 0 Å². The number of rotatable bonds is 6. The number of halogens is 1. The number of nitrogens with one attached hydrogen (secondary N) is 2. The Balaban J connectivity index is 1.51. The molecule has 32 heavy (non-hydrogen) atoms. The minimum Gasteiger partial charge on any atom is -0.370 e. The van der Waals surface area contributed by atoms with Gasteiger partial charge in [0.1, 0.15) is 11.6 Å². The molecule has 0 saturated heterocycles. The predicted octanol–water partition coefficient (Wildman–Crippen LogP) is 3.22. The van der Waals surface area contributed by atoms with E-state index >= 15 is 0 Å². The van der Waals surface area contributed by atoms with Crippen molar-refractivity contribution in [1.29, 1.82) is 0 Å². The smallest absolute Gasteiger partial charge is 0.192 e. The molecule has 0 fully saturated rings. The molecule has 5 rings (SSSR count). The lowest BCUT2D eigenvalue weighted by molar-refractivity contribution is -0.151. The van der Waals surface area contributed by atoms with Crippen molar-refractivity contribution in [3.8, 4) is 11.3 Å². The first-order valence-electron chi connectivity index (χ1n) is 10.1. The number of aromatic amines is 1. The van der Waals surface area contributed by atoms with Crippen LogP contribution in [0.2, 0.25) is 0 Å². The number of H-pyrrole nitrogens is 1. The Hall–Kier alpha value is -3.82. The van der Waals surface area contributed by atoms with Crippen LogP contribution >= 0.6 is 0 Å². The molecule has 8 nitrogen and oxygen atoms in total. The number of benzene rings is 1. The lowest BCUT2D eigenvalue weighted by Gasteiger charge is -2.15. The van der Waals surface area contributed by atoms with Crippen LogP contribution in [0.4, 0.5) is 10.2 Å². The Labute approximate surface area is 182 Å². The molecule has 5 aromatic rings. The first-order chi connectivity index (χ1) is 15.4. The van der Waals surface area contributed by atoms with Gasteiger partial charge in [-0.1, -0.05) is 18.2 Å². The van der Waals surface area contributed by atoms with Crippen LogP contribution in [-0.2, 0) is 12.2 Å². The van der Waals surface area contributed by atoms with E-state index in [-0.39, 0.29) is 11.2 Å². The van der Waals surface area contributed by atoms with Crippen molar-refractivity contribution in [1.82, 2.24) is 24.6 Å². The maximum Gasteiger partial charge on any atom is 0.192 e. The largest absolute Gasteiger partial charge is 0.370 e. The van der Waals surface area contributed by atoms with Crippen LogP contribution in [-0.4, -0.2) is 41.3 Å². The molecule has 9 heteroatoms. The minimum absolute atomic E-state index is 0.142. The average molecular weight is 432 g/mol. The lowest BCUT2D eigenvalue weighted by atomic mass is 10.1. The molecule has 162 valence electrons. The molecule has 0 aliphatic rings. The Morgan fingerprint density at radius 3 is 2.81 bits per heavy atom. The first kappa shape index (κ1) is 20.1. The van der Waals surface area contributed by atoms with Gasteiger partial charge >= 0.3 is 0 Å². The fraction of sp³-hybridized carbons (Fsp3) is 0.174. The van der Waals surface area contributed by atoms with Gasteiger partial charge in [-0.25, -0.2) is 9.37 Å². The van der Waals surface area contributed by atoms with Gasteiger partial charge in [0.05, 0.1) is 23.7 Å². The second-order valence-electron chi connectivity index (χ2n) is 7.77. The maximum atomic E-state index is 13.8. The van der Waals surface area contributed by atoms with Crippen LogP contribution in [0, 0.1) is 5.82 Å². The molecule has 0 bridgehead atoms. The molecule has 0 aliphatic carbocycles. The Morgan fingerprint density at radius 1 is 1.16 bits per heavy atom. The van der Waals surface area contributed by atoms with Gasteiger partial charge < -0.3 is 20.5 Å². The van der Waals surface area contributed by atoms with Gasteiger partial charge in [0.15, 0.2) is 11.4 Å². The van der Waals surface area contributed by atoms with Crippen molar-refractivity contribution in [2.75, 3.05) is 11.9 Å². The topological polar surface area (TPSA) is 111 Å². The van der Waals surface area contributed by atoms with E-state index in [9.17, 15) is 14.6 Å². The molecule has 0 unspecified atom stereocenters. The van der Waals surface area contributed by atoms with Gasteiger partial charge in [0, 0.05) is 41.5 Å². The highest BCUT2D eigenvalue weighted by Gasteiger charge is 2.26. The molecule has 0 spiro atoms. The van der Waals surface area contributed by atoms with Crippen molar-refractivity contribution in [2.45, 2.75) is 19.1 Å². The zero-order valence-corrected chi connectivity index (χ0v) is 17.2. The molecular formula is C23H21FN6O2. The molecular weight excluding hydrogens is 411 g/mol. The number of aromatic nitrogens is 5. The number of hydrogen-bond acceptors (Lipinski definition) is 6. The van der Waals surface area contributed by atoms with Gasteiger partial charge in [-0.05, 0) is 31.0 Å². The normalized spacial score (nSPS) is 12.0. The second kappa shape index (κ2) is 7.70. The molecule has 0 saturated carbocycles. The summed E-state index contributed by atoms with van der Waals surface area (Å²) in [5.74, 6) is -2.03. The summed E-state index contributed by atoms with van der Waals surface area (Å²) in [7, 11) is 0. The summed E-state index contributed by atoms with van der Waals surface area (Å²) < 4.78 is 15.3. The molecule has 0 aliphatic heterocycles. The summed E-state index contributed by atoms with van der Waals surface area (Å²) >= 11 is 0. The number of anilines is 1. The van der Waals surface area contributed by atoms with E-state index in [4.69, 9.17) is 0 Å². The molecule has 0 atom stereocenters. The second-order valence-corrected chi connectivity index (χ2v) is 7.77. The Morgan fingerprint density at radius 2 is 2.00 bits per heavy atom. The SMILES string of the molecule is CC(O)(O)c1cnn2c(NCCc3c[nH]c4ccccc34)cc(-c3cncc(F)c3)nc12. The predicted molar refractivity (Wildman–Crippen MR) is 118 cm³/mol. The van der Waals surface area contributed by atoms with E-state index in [1.807, 2.05) is 24.4 Å². The van der Waals surface area contributed by atoms with E-state index in [1.165, 1.54) is 40.8 Å². The van der Waals surface area contributed by atoms with Crippen LogP contribution in [0.15, 0.2) is 61.2 Å². The van der Waals surface area contributed by atoms with Crippen molar-refractivity contribution in [2.24, 2.45) is 0 Å². The van der Waals surface area contributed by atoms with Crippen LogP contribution in [0.1, 0.15) is 18.1 Å². The number of para-hydroxylation sites is 1. The Kier molecular flexibility index (Phi) is 4.84. The van der Waals surface area contributed by atoms with Crippen LogP contribution in [0.5, 0.6) is 0 Å². The third-order valence-electron chi connectivity index (χ3n) is 5.36. The van der Waals surface area contributed by atoms with Crippen molar-refractivity contribution >= 4 is 22.4 Å². The number of pyridine rings is 1. The summed E-state index contributed by atoms with van der Waals surface area (Å²) in [6, 6.07) is 11.2. The summed E-state index contributed by atoms with van der Waals surface area (Å²) in [6.07, 6.45) is 6.72. The summed E-state index contributed by atoms with van der Waals surface area (Å²) in [6.45, 7) is 1.83. The number of hydrogen-bond donors (Lipinski definition) is 4. The van der Waals surface area contributed by atoms with Crippen molar-refractivity contribution in [3.05, 3.63) is 78.1 Å². The van der Waals surface area contributed by atoms with Crippen molar-refractivity contribution in [3.63, 3.8) is 0 Å². The fourth-order valence-corrected chi connectivity index (χ4v) is 3.79. The van der Waals surface area contributed by atoms with Gasteiger partial charge in [-0.2, -0.15) is 9.61 Å². The number of nitrogens with zero attached hydrogens (tertiary/aromatic N) is 4.